The molecule has 0 aromatic heterocycles. The highest BCUT2D eigenvalue weighted by molar-refractivity contribution is 6.43. The first-order valence-corrected chi connectivity index (χ1v) is 7.30. The zero-order chi connectivity index (χ0) is 17.6. The predicted molar refractivity (Wildman–Crippen MR) is 85.4 cm³/mol. The summed E-state index contributed by atoms with van der Waals surface area (Å²) in [4.78, 5) is 23.1. The fraction of sp³-hybridized carbons (Fsp3) is 0.286. The lowest BCUT2D eigenvalue weighted by molar-refractivity contribution is -0.150. The third kappa shape index (κ3) is 5.71. The molecule has 0 aliphatic heterocycles. The Morgan fingerprint density at radius 1 is 1.22 bits per heavy atom. The van der Waals surface area contributed by atoms with Gasteiger partial charge in [0.15, 0.2) is 19.0 Å². The minimum Gasteiger partial charge on any atom is -0.480 e. The molecule has 0 saturated carbocycles. The maximum Gasteiger partial charge on any atom is 0.344 e. The van der Waals surface area contributed by atoms with E-state index < -0.39 is 30.9 Å². The van der Waals surface area contributed by atoms with E-state index in [2.05, 4.69) is 4.74 Å². The Morgan fingerprint density at radius 2 is 1.83 bits per heavy atom. The summed E-state index contributed by atoms with van der Waals surface area (Å²) in [6, 6.07) is 4.36. The number of nitrogens with one attached hydrogen (secondary N) is 1. The summed E-state index contributed by atoms with van der Waals surface area (Å²) in [5.74, 6) is -2.61. The van der Waals surface area contributed by atoms with Crippen LogP contribution in [0.3, 0.4) is 0 Å². The molecule has 122 valence electrons. The summed E-state index contributed by atoms with van der Waals surface area (Å²) in [5, 5.41) is 16.6. The van der Waals surface area contributed by atoms with Gasteiger partial charge in [-0.05, 0) is 13.0 Å². The Morgan fingerprint density at radius 3 is 2.39 bits per heavy atom. The predicted octanol–water partition coefficient (Wildman–Crippen LogP) is 3.32. The molecule has 0 aliphatic carbocycles. The smallest absolute Gasteiger partial charge is 0.344 e. The molecule has 1 aromatic rings. The average Bonchev–Trinajstić information content (AvgIpc) is 2.47. The normalized spacial score (nSPS) is 11.3. The molecule has 1 unspecified atom stereocenters. The largest absolute Gasteiger partial charge is 0.480 e. The van der Waals surface area contributed by atoms with E-state index in [4.69, 9.17) is 50.2 Å². The van der Waals surface area contributed by atoms with Gasteiger partial charge in [-0.2, -0.15) is 5.26 Å². The van der Waals surface area contributed by atoms with Gasteiger partial charge in [0.25, 0.3) is 0 Å². The zero-order valence-electron chi connectivity index (χ0n) is 11.9. The Hall–Kier alpha value is -1.81. The third-order valence-electron chi connectivity index (χ3n) is 2.58. The Bertz CT molecular complexity index is 685. The van der Waals surface area contributed by atoms with Gasteiger partial charge in [-0.25, -0.2) is 4.79 Å². The maximum absolute atomic E-state index is 11.6. The van der Waals surface area contributed by atoms with Crippen molar-refractivity contribution in [3.8, 4) is 11.8 Å². The van der Waals surface area contributed by atoms with Crippen LogP contribution in [0.25, 0.3) is 0 Å². The number of nitrogens with zero attached hydrogens (tertiary/aromatic N) is 1. The van der Waals surface area contributed by atoms with Crippen molar-refractivity contribution < 1.29 is 19.1 Å². The summed E-state index contributed by atoms with van der Waals surface area (Å²) in [6.45, 7) is 0.195. The molecule has 0 aliphatic rings. The summed E-state index contributed by atoms with van der Waals surface area (Å²) in [6.07, 6.45) is 0. The molecule has 0 fully saturated rings. The second-order valence-electron chi connectivity index (χ2n) is 4.36. The number of nitriles is 1. The Balaban J connectivity index is 2.53. The van der Waals surface area contributed by atoms with Crippen LogP contribution < -0.4 is 4.74 Å². The highest BCUT2D eigenvalue weighted by Gasteiger charge is 2.21. The van der Waals surface area contributed by atoms with Crippen LogP contribution in [0.5, 0.6) is 5.75 Å². The third-order valence-corrected chi connectivity index (χ3v) is 3.60. The van der Waals surface area contributed by atoms with Crippen LogP contribution >= 0.6 is 34.8 Å². The summed E-state index contributed by atoms with van der Waals surface area (Å²) in [7, 11) is 0. The number of ketones is 1. The van der Waals surface area contributed by atoms with Crippen molar-refractivity contribution in [3.63, 3.8) is 0 Å². The maximum atomic E-state index is 11.6. The van der Waals surface area contributed by atoms with Gasteiger partial charge < -0.3 is 14.9 Å². The Labute approximate surface area is 147 Å². The summed E-state index contributed by atoms with van der Waals surface area (Å²) in [5.41, 5.74) is -0.118. The summed E-state index contributed by atoms with van der Waals surface area (Å²) < 4.78 is 9.82. The number of ether oxygens (including phenoxy) is 2. The molecular weight excluding hydrogens is 367 g/mol. The molecule has 0 spiro atoms. The highest BCUT2D eigenvalue weighted by atomic mass is 35.5. The van der Waals surface area contributed by atoms with E-state index in [1.165, 1.54) is 19.1 Å². The molecular formula is C14H11Cl3N2O4. The van der Waals surface area contributed by atoms with Gasteiger partial charge in [0.2, 0.25) is 0 Å². The van der Waals surface area contributed by atoms with Crippen LogP contribution in [0.15, 0.2) is 12.1 Å². The van der Waals surface area contributed by atoms with Gasteiger partial charge in [-0.15, -0.1) is 0 Å². The van der Waals surface area contributed by atoms with E-state index in [1.54, 1.807) is 6.07 Å². The molecule has 1 aromatic carbocycles. The molecule has 0 heterocycles. The number of carbonyl (C=O) groups excluding carboxylic acids is 2. The summed E-state index contributed by atoms with van der Waals surface area (Å²) >= 11 is 17.4. The fourth-order valence-corrected chi connectivity index (χ4v) is 2.03. The van der Waals surface area contributed by atoms with Crippen molar-refractivity contribution in [2.75, 3.05) is 13.2 Å². The van der Waals surface area contributed by atoms with Crippen molar-refractivity contribution in [1.82, 2.24) is 0 Å². The van der Waals surface area contributed by atoms with Gasteiger partial charge in [0, 0.05) is 11.8 Å². The van der Waals surface area contributed by atoms with Crippen LogP contribution in [0.1, 0.15) is 6.92 Å². The van der Waals surface area contributed by atoms with Crippen LogP contribution in [-0.4, -0.2) is 30.7 Å². The SMILES string of the molecule is CC(=N)C(C#N)C(=O)COC(=O)COc1cc(Cl)c(Cl)cc1Cl. The van der Waals surface area contributed by atoms with E-state index >= 15 is 0 Å². The molecule has 0 bridgehead atoms. The number of hydrogen-bond donors (Lipinski definition) is 1. The number of Topliss-reactive ketones (excluding diaryl/α,β-unsaturated/α-hetero) is 1. The molecule has 1 N–H and O–H groups in total. The van der Waals surface area contributed by atoms with E-state index in [9.17, 15) is 9.59 Å². The number of carbonyl (C=O) groups is 2. The lowest BCUT2D eigenvalue weighted by Gasteiger charge is -2.10. The van der Waals surface area contributed by atoms with Crippen molar-refractivity contribution in [3.05, 3.63) is 27.2 Å². The monoisotopic (exact) mass is 376 g/mol. The lowest BCUT2D eigenvalue weighted by Crippen LogP contribution is -2.27. The lowest BCUT2D eigenvalue weighted by atomic mass is 10.0. The molecule has 6 nitrogen and oxygen atoms in total. The molecule has 0 amide bonds. The quantitative estimate of drug-likeness (QED) is 0.446. The van der Waals surface area contributed by atoms with E-state index in [0.717, 1.165) is 0 Å². The first kappa shape index (κ1) is 19.2. The number of esters is 1. The van der Waals surface area contributed by atoms with Crippen molar-refractivity contribution >= 4 is 52.3 Å². The second kappa shape index (κ2) is 8.73. The van der Waals surface area contributed by atoms with E-state index in [1.807, 2.05) is 0 Å². The molecule has 1 rings (SSSR count). The molecule has 0 radical (unpaired) electrons. The molecule has 23 heavy (non-hydrogen) atoms. The van der Waals surface area contributed by atoms with Crippen LogP contribution in [-0.2, 0) is 14.3 Å². The number of halogens is 3. The van der Waals surface area contributed by atoms with Gasteiger partial charge >= 0.3 is 5.97 Å². The van der Waals surface area contributed by atoms with Crippen LogP contribution in [0.2, 0.25) is 15.1 Å². The first-order chi connectivity index (χ1) is 10.8. The van der Waals surface area contributed by atoms with Gasteiger partial charge in [0.1, 0.15) is 11.7 Å². The van der Waals surface area contributed by atoms with Gasteiger partial charge in [0.05, 0.1) is 21.1 Å². The van der Waals surface area contributed by atoms with Gasteiger partial charge in [-0.3, -0.25) is 4.79 Å². The van der Waals surface area contributed by atoms with E-state index in [0.29, 0.717) is 0 Å². The molecule has 1 atom stereocenters. The first-order valence-electron chi connectivity index (χ1n) is 6.16. The van der Waals surface area contributed by atoms with Gasteiger partial charge in [-0.1, -0.05) is 34.8 Å². The minimum atomic E-state index is -1.23. The number of hydrogen-bond acceptors (Lipinski definition) is 6. The van der Waals surface area contributed by atoms with Crippen LogP contribution in [0, 0.1) is 22.7 Å². The van der Waals surface area contributed by atoms with Crippen molar-refractivity contribution in [2.45, 2.75) is 6.92 Å². The van der Waals surface area contributed by atoms with Crippen molar-refractivity contribution in [2.24, 2.45) is 5.92 Å². The fourth-order valence-electron chi connectivity index (χ4n) is 1.44. The average molecular weight is 378 g/mol. The highest BCUT2D eigenvalue weighted by Crippen LogP contribution is 2.33. The molecule has 9 heteroatoms. The number of rotatable bonds is 7. The number of benzene rings is 1. The van der Waals surface area contributed by atoms with Crippen LogP contribution in [0.4, 0.5) is 0 Å². The zero-order valence-corrected chi connectivity index (χ0v) is 14.1. The molecule has 0 saturated heterocycles. The Kier molecular flexibility index (Phi) is 7.30. The minimum absolute atomic E-state index is 0.118. The second-order valence-corrected chi connectivity index (χ2v) is 5.58. The van der Waals surface area contributed by atoms with Crippen molar-refractivity contribution in [1.29, 1.82) is 10.7 Å². The topological polar surface area (TPSA) is 100 Å². The standard InChI is InChI=1S/C14H11Cl3N2O4/c1-7(19)8(4-18)12(20)5-23-14(21)6-22-13-3-10(16)9(15)2-11(13)17/h2-3,8,19H,5-6H2,1H3. The van der Waals surface area contributed by atoms with E-state index in [-0.39, 0.29) is 26.5 Å².